The molecule has 0 radical (unpaired) electrons. The summed E-state index contributed by atoms with van der Waals surface area (Å²) >= 11 is 1.10. The van der Waals surface area contributed by atoms with E-state index in [0.717, 1.165) is 11.8 Å². The van der Waals surface area contributed by atoms with E-state index in [0.29, 0.717) is 22.7 Å². The highest BCUT2D eigenvalue weighted by Crippen LogP contribution is 2.23. The van der Waals surface area contributed by atoms with E-state index in [1.807, 2.05) is 25.1 Å². The number of urea groups is 1. The molecule has 3 rings (SSSR count). The molecule has 2 aromatic rings. The second-order valence-corrected chi connectivity index (χ2v) is 7.00. The first-order valence-electron chi connectivity index (χ1n) is 9.13. The third-order valence-corrected chi connectivity index (χ3v) is 4.91. The number of aromatic nitrogens is 1. The molecule has 0 aliphatic carbocycles. The van der Waals surface area contributed by atoms with Crippen LogP contribution in [0.3, 0.4) is 0 Å². The van der Waals surface area contributed by atoms with Gasteiger partial charge in [0.05, 0.1) is 23.9 Å². The van der Waals surface area contributed by atoms with Crippen LogP contribution in [0.1, 0.15) is 20.3 Å². The van der Waals surface area contributed by atoms with E-state index in [9.17, 15) is 14.4 Å². The topological polar surface area (TPSA) is 120 Å². The number of para-hydroxylation sites is 2. The van der Waals surface area contributed by atoms with E-state index < -0.39 is 24.0 Å². The van der Waals surface area contributed by atoms with Gasteiger partial charge in [0.15, 0.2) is 5.58 Å². The van der Waals surface area contributed by atoms with Crippen LogP contribution in [-0.4, -0.2) is 48.0 Å². The molecular weight excluding hydrogens is 398 g/mol. The fourth-order valence-electron chi connectivity index (χ4n) is 2.80. The second kappa shape index (κ2) is 9.46. The van der Waals surface area contributed by atoms with E-state index in [1.54, 1.807) is 13.0 Å². The molecule has 0 unspecified atom stereocenters. The van der Waals surface area contributed by atoms with Crippen LogP contribution in [-0.2, 0) is 19.1 Å². The van der Waals surface area contributed by atoms with Crippen molar-refractivity contribution in [3.05, 3.63) is 35.5 Å². The van der Waals surface area contributed by atoms with Crippen LogP contribution in [0.25, 0.3) is 11.1 Å². The van der Waals surface area contributed by atoms with Gasteiger partial charge in [-0.2, -0.15) is 0 Å². The molecule has 0 fully saturated rings. The highest BCUT2D eigenvalue weighted by molar-refractivity contribution is 7.99. The van der Waals surface area contributed by atoms with Gasteiger partial charge in [-0.1, -0.05) is 30.8 Å². The zero-order valence-corrected chi connectivity index (χ0v) is 16.8. The van der Waals surface area contributed by atoms with Crippen LogP contribution in [0, 0.1) is 0 Å². The molecule has 1 aromatic carbocycles. The van der Waals surface area contributed by atoms with Crippen LogP contribution < -0.4 is 10.6 Å². The summed E-state index contributed by atoms with van der Waals surface area (Å²) in [5.41, 5.74) is 1.82. The van der Waals surface area contributed by atoms with Gasteiger partial charge in [-0.15, -0.1) is 0 Å². The number of carbonyl (C=O) groups is 3. The number of fused-ring (bicyclic) bond motifs is 1. The quantitative estimate of drug-likeness (QED) is 0.494. The number of hydrogen-bond acceptors (Lipinski definition) is 8. The van der Waals surface area contributed by atoms with Crippen molar-refractivity contribution in [1.29, 1.82) is 0 Å². The summed E-state index contributed by atoms with van der Waals surface area (Å²) in [6.45, 7) is 3.47. The first kappa shape index (κ1) is 20.7. The molecule has 2 N–H and O–H groups in total. The van der Waals surface area contributed by atoms with Gasteiger partial charge >= 0.3 is 18.0 Å². The van der Waals surface area contributed by atoms with Crippen LogP contribution >= 0.6 is 11.8 Å². The molecule has 0 bridgehead atoms. The molecule has 154 valence electrons. The molecule has 2 heterocycles. The number of rotatable bonds is 8. The Morgan fingerprint density at radius 1 is 1.24 bits per heavy atom. The summed E-state index contributed by atoms with van der Waals surface area (Å²) in [5, 5.41) is 5.55. The number of hydrogen-bond donors (Lipinski definition) is 2. The highest BCUT2D eigenvalue weighted by atomic mass is 32.2. The normalized spacial score (nSPS) is 16.3. The van der Waals surface area contributed by atoms with Crippen molar-refractivity contribution in [1.82, 2.24) is 15.6 Å². The maximum absolute atomic E-state index is 12.3. The lowest BCUT2D eigenvalue weighted by atomic mass is 10.0. The Bertz CT molecular complexity index is 921. The Morgan fingerprint density at radius 2 is 2.03 bits per heavy atom. The zero-order chi connectivity index (χ0) is 20.8. The van der Waals surface area contributed by atoms with Gasteiger partial charge in [0.2, 0.25) is 0 Å². The average Bonchev–Trinajstić information content (AvgIpc) is 3.13. The Morgan fingerprint density at radius 3 is 2.76 bits per heavy atom. The largest absolute Gasteiger partial charge is 0.463 e. The van der Waals surface area contributed by atoms with Crippen molar-refractivity contribution in [2.45, 2.75) is 31.5 Å². The van der Waals surface area contributed by atoms with Gasteiger partial charge in [0.1, 0.15) is 17.9 Å². The highest BCUT2D eigenvalue weighted by Gasteiger charge is 2.32. The summed E-state index contributed by atoms with van der Waals surface area (Å²) in [6, 6.07) is 6.32. The Balaban J connectivity index is 1.62. The van der Waals surface area contributed by atoms with Crippen LogP contribution in [0.5, 0.6) is 0 Å². The van der Waals surface area contributed by atoms with Gasteiger partial charge in [0, 0.05) is 0 Å². The average molecular weight is 419 g/mol. The number of benzene rings is 1. The van der Waals surface area contributed by atoms with E-state index in [-0.39, 0.29) is 30.2 Å². The van der Waals surface area contributed by atoms with Crippen LogP contribution in [0.4, 0.5) is 4.79 Å². The molecule has 29 heavy (non-hydrogen) atoms. The standard InChI is InChI=1S/C19H21N3O6S/c1-3-11-16(17(24)26-4-2)13(21-18(25)20-11)9-27-15(23)10-29-19-22-12-7-5-6-8-14(12)28-19/h5-8,11H,3-4,9-10H2,1-2H3,(H2,20,21,25)/t11-/m1/s1. The van der Waals surface area contributed by atoms with E-state index in [1.165, 1.54) is 0 Å². The Kier molecular flexibility index (Phi) is 6.76. The molecule has 1 aliphatic rings. The van der Waals surface area contributed by atoms with E-state index in [4.69, 9.17) is 13.9 Å². The molecule has 0 spiro atoms. The smallest absolute Gasteiger partial charge is 0.338 e. The summed E-state index contributed by atoms with van der Waals surface area (Å²) in [7, 11) is 0. The molecule has 0 saturated heterocycles. The molecule has 1 aliphatic heterocycles. The van der Waals surface area contributed by atoms with Crippen molar-refractivity contribution >= 4 is 40.8 Å². The minimum absolute atomic E-state index is 0.0295. The molecule has 9 nitrogen and oxygen atoms in total. The Labute approximate surface area is 171 Å². The number of ether oxygens (including phenoxy) is 2. The third-order valence-electron chi connectivity index (χ3n) is 4.11. The van der Waals surface area contributed by atoms with Crippen LogP contribution in [0.15, 0.2) is 45.2 Å². The minimum Gasteiger partial charge on any atom is -0.463 e. The summed E-state index contributed by atoms with van der Waals surface area (Å²) in [6.07, 6.45) is 0.493. The summed E-state index contributed by atoms with van der Waals surface area (Å²) < 4.78 is 15.8. The SMILES string of the molecule is CCOC(=O)C1=C(COC(=O)CSc2nc3ccccc3o2)NC(=O)N[C@@H]1CC. The molecule has 2 amide bonds. The fraction of sp³-hybridized carbons (Fsp3) is 0.368. The van der Waals surface area contributed by atoms with Gasteiger partial charge in [-0.3, -0.25) is 4.79 Å². The van der Waals surface area contributed by atoms with E-state index >= 15 is 0 Å². The number of amides is 2. The summed E-state index contributed by atoms with van der Waals surface area (Å²) in [5.74, 6) is -1.12. The molecular formula is C19H21N3O6S. The lowest BCUT2D eigenvalue weighted by Crippen LogP contribution is -2.51. The van der Waals surface area contributed by atoms with Gasteiger partial charge in [-0.05, 0) is 25.5 Å². The maximum atomic E-state index is 12.3. The van der Waals surface area contributed by atoms with Crippen molar-refractivity contribution in [3.8, 4) is 0 Å². The predicted molar refractivity (Wildman–Crippen MR) is 105 cm³/mol. The minimum atomic E-state index is -0.557. The Hall–Kier alpha value is -3.01. The van der Waals surface area contributed by atoms with Crippen molar-refractivity contribution in [3.63, 3.8) is 0 Å². The van der Waals surface area contributed by atoms with E-state index in [2.05, 4.69) is 15.6 Å². The lowest BCUT2D eigenvalue weighted by Gasteiger charge is -2.28. The predicted octanol–water partition coefficient (Wildman–Crippen LogP) is 2.37. The molecule has 0 saturated carbocycles. The number of esters is 2. The number of nitrogens with one attached hydrogen (secondary N) is 2. The van der Waals surface area contributed by atoms with Crippen molar-refractivity contribution in [2.75, 3.05) is 19.0 Å². The summed E-state index contributed by atoms with van der Waals surface area (Å²) in [4.78, 5) is 40.5. The first-order chi connectivity index (χ1) is 14.0. The fourth-order valence-corrected chi connectivity index (χ4v) is 3.44. The number of thioether (sulfide) groups is 1. The number of oxazole rings is 1. The van der Waals surface area contributed by atoms with Gasteiger partial charge in [-0.25, -0.2) is 14.6 Å². The molecule has 10 heteroatoms. The zero-order valence-electron chi connectivity index (χ0n) is 16.0. The van der Waals surface area contributed by atoms with Crippen molar-refractivity contribution in [2.24, 2.45) is 0 Å². The number of nitrogens with zero attached hydrogens (tertiary/aromatic N) is 1. The van der Waals surface area contributed by atoms with Crippen LogP contribution in [0.2, 0.25) is 0 Å². The third kappa shape index (κ3) is 5.08. The second-order valence-electron chi connectivity index (χ2n) is 6.07. The van der Waals surface area contributed by atoms with Crippen molar-refractivity contribution < 1.29 is 28.3 Å². The monoisotopic (exact) mass is 419 g/mol. The molecule has 1 aromatic heterocycles. The number of carbonyl (C=O) groups excluding carboxylic acids is 3. The van der Waals surface area contributed by atoms with Gasteiger partial charge < -0.3 is 24.5 Å². The maximum Gasteiger partial charge on any atom is 0.338 e. The first-order valence-corrected chi connectivity index (χ1v) is 10.1. The lowest BCUT2D eigenvalue weighted by molar-refractivity contribution is -0.141. The molecule has 1 atom stereocenters. The van der Waals surface area contributed by atoms with Gasteiger partial charge in [0.25, 0.3) is 5.22 Å².